The monoisotopic (exact) mass is 362 g/mol. The third-order valence-corrected chi connectivity index (χ3v) is 6.07. The van der Waals surface area contributed by atoms with E-state index < -0.39 is 0 Å². The Balaban J connectivity index is 1.75. The molecule has 0 saturated carbocycles. The minimum absolute atomic E-state index is 1.00. The first kappa shape index (κ1) is 17.3. The minimum atomic E-state index is 1.00. The Bertz CT molecular complexity index is 1280. The molecule has 0 bridgehead atoms. The van der Waals surface area contributed by atoms with Gasteiger partial charge in [0.2, 0.25) is 0 Å². The van der Waals surface area contributed by atoms with E-state index in [1.54, 1.807) is 0 Å². The largest absolute Gasteiger partial charge is 0.0882 e. The van der Waals surface area contributed by atoms with Crippen molar-refractivity contribution in [3.63, 3.8) is 0 Å². The molecular weight excluding hydrogens is 336 g/mol. The number of rotatable bonds is 6. The molecule has 0 saturated heterocycles. The second-order valence-electron chi connectivity index (χ2n) is 7.88. The van der Waals surface area contributed by atoms with Gasteiger partial charge in [0.25, 0.3) is 0 Å². The van der Waals surface area contributed by atoms with Crippen LogP contribution in [0.15, 0.2) is 78.9 Å². The van der Waals surface area contributed by atoms with E-state index in [0.717, 1.165) is 6.42 Å². The van der Waals surface area contributed by atoms with Crippen LogP contribution in [0.5, 0.6) is 0 Å². The van der Waals surface area contributed by atoms with E-state index in [1.165, 1.54) is 74.3 Å². The van der Waals surface area contributed by atoms with Crippen LogP contribution >= 0.6 is 0 Å². The lowest BCUT2D eigenvalue weighted by Crippen LogP contribution is -1.91. The highest BCUT2D eigenvalue weighted by Gasteiger charge is 2.14. The summed E-state index contributed by atoms with van der Waals surface area (Å²) in [5.41, 5.74) is 1.44. The molecule has 0 N–H and O–H groups in total. The summed E-state index contributed by atoms with van der Waals surface area (Å²) in [6, 6.07) is 24.8. The maximum absolute atomic E-state index is 2.37. The van der Waals surface area contributed by atoms with Crippen molar-refractivity contribution in [1.29, 1.82) is 0 Å². The van der Waals surface area contributed by atoms with Crippen LogP contribution in [0.1, 0.15) is 38.2 Å². The van der Waals surface area contributed by atoms with Crippen molar-refractivity contribution in [3.05, 3.63) is 84.4 Å². The number of unbranched alkanes of at least 4 members (excludes halogenated alkanes) is 3. The van der Waals surface area contributed by atoms with Crippen LogP contribution in [-0.4, -0.2) is 0 Å². The van der Waals surface area contributed by atoms with E-state index in [-0.39, 0.29) is 0 Å². The molecule has 28 heavy (non-hydrogen) atoms. The second-order valence-corrected chi connectivity index (χ2v) is 7.88. The zero-order chi connectivity index (χ0) is 18.9. The van der Waals surface area contributed by atoms with Crippen molar-refractivity contribution >= 4 is 43.1 Å². The van der Waals surface area contributed by atoms with Crippen molar-refractivity contribution in [1.82, 2.24) is 0 Å². The smallest absolute Gasteiger partial charge is 0.00235 e. The van der Waals surface area contributed by atoms with Gasteiger partial charge in [0, 0.05) is 0 Å². The van der Waals surface area contributed by atoms with E-state index in [0.29, 0.717) is 0 Å². The Hall–Kier alpha value is -2.86. The number of hydrogen-bond acceptors (Lipinski definition) is 0. The first-order valence-corrected chi connectivity index (χ1v) is 10.6. The first-order chi connectivity index (χ1) is 13.9. The Morgan fingerprint density at radius 3 is 2.04 bits per heavy atom. The zero-order valence-electron chi connectivity index (χ0n) is 16.5. The summed E-state index contributed by atoms with van der Waals surface area (Å²) < 4.78 is 0. The third-order valence-electron chi connectivity index (χ3n) is 6.07. The van der Waals surface area contributed by atoms with Crippen LogP contribution in [0.3, 0.4) is 0 Å². The minimum Gasteiger partial charge on any atom is -0.0882 e. The molecule has 5 aromatic rings. The molecule has 5 aromatic carbocycles. The predicted octanol–water partition coefficient (Wildman–Crippen LogP) is 8.42. The van der Waals surface area contributed by atoms with Gasteiger partial charge in [-0.1, -0.05) is 98.6 Å². The SMILES string of the molecule is CCCCCC=CCc1ccc2cccc3c4cccc5cccc(c1c23)c54. The fourth-order valence-electron chi connectivity index (χ4n) is 4.74. The Morgan fingerprint density at radius 1 is 0.607 bits per heavy atom. The average Bonchev–Trinajstić information content (AvgIpc) is 2.74. The molecule has 0 amide bonds. The van der Waals surface area contributed by atoms with Crippen LogP contribution in [0.25, 0.3) is 43.1 Å². The molecule has 0 nitrogen and oxygen atoms in total. The Kier molecular flexibility index (Phi) is 4.49. The molecule has 0 heteroatoms. The van der Waals surface area contributed by atoms with Crippen LogP contribution in [-0.2, 0) is 6.42 Å². The molecule has 0 heterocycles. The number of allylic oxidation sites excluding steroid dienone is 2. The molecule has 0 spiro atoms. The molecule has 5 rings (SSSR count). The van der Waals surface area contributed by atoms with Crippen molar-refractivity contribution in [2.24, 2.45) is 0 Å². The van der Waals surface area contributed by atoms with Gasteiger partial charge in [0.15, 0.2) is 0 Å². The molecule has 0 unspecified atom stereocenters. The fraction of sp³-hybridized carbons (Fsp3) is 0.214. The van der Waals surface area contributed by atoms with Crippen LogP contribution in [0, 0.1) is 0 Å². The highest BCUT2D eigenvalue weighted by molar-refractivity contribution is 6.33. The topological polar surface area (TPSA) is 0 Å². The van der Waals surface area contributed by atoms with Gasteiger partial charge in [-0.15, -0.1) is 0 Å². The van der Waals surface area contributed by atoms with Crippen LogP contribution in [0.2, 0.25) is 0 Å². The zero-order valence-corrected chi connectivity index (χ0v) is 16.5. The maximum atomic E-state index is 2.37. The third kappa shape index (κ3) is 2.76. The van der Waals surface area contributed by atoms with Crippen molar-refractivity contribution in [2.75, 3.05) is 0 Å². The van der Waals surface area contributed by atoms with Gasteiger partial charge >= 0.3 is 0 Å². The quantitative estimate of drug-likeness (QED) is 0.123. The second kappa shape index (κ2) is 7.28. The Labute approximate surface area is 166 Å². The van der Waals surface area contributed by atoms with Gasteiger partial charge in [0.1, 0.15) is 0 Å². The summed E-state index contributed by atoms with van der Waals surface area (Å²) in [4.78, 5) is 0. The molecule has 138 valence electrons. The molecule has 0 aliphatic rings. The van der Waals surface area contributed by atoms with Crippen molar-refractivity contribution < 1.29 is 0 Å². The molecule has 0 atom stereocenters. The summed E-state index contributed by atoms with van der Waals surface area (Å²) in [7, 11) is 0. The maximum Gasteiger partial charge on any atom is -0.00235 e. The first-order valence-electron chi connectivity index (χ1n) is 10.6. The highest BCUT2D eigenvalue weighted by atomic mass is 14.2. The molecule has 0 fully saturated rings. The molecule has 0 aliphatic heterocycles. The lowest BCUT2D eigenvalue weighted by Gasteiger charge is -2.16. The lowest BCUT2D eigenvalue weighted by atomic mass is 9.87. The standard InChI is InChI=1S/C28H26/c1-2-3-4-5-6-7-11-21-18-19-22-14-9-16-24-23-15-8-12-20-13-10-17-25(26(20)23)28(21)27(22)24/h6-10,12-19H,2-5,11H2,1H3. The highest BCUT2D eigenvalue weighted by Crippen LogP contribution is 2.41. The summed E-state index contributed by atoms with van der Waals surface area (Å²) in [6.07, 6.45) is 10.9. The van der Waals surface area contributed by atoms with Gasteiger partial charge in [-0.3, -0.25) is 0 Å². The van der Waals surface area contributed by atoms with Gasteiger partial charge in [-0.25, -0.2) is 0 Å². The molecule has 0 aliphatic carbocycles. The average molecular weight is 363 g/mol. The number of hydrogen-bond donors (Lipinski definition) is 0. The van der Waals surface area contributed by atoms with Gasteiger partial charge in [-0.05, 0) is 67.9 Å². The molecular formula is C28H26. The Morgan fingerprint density at radius 2 is 1.29 bits per heavy atom. The summed E-state index contributed by atoms with van der Waals surface area (Å²) in [5.74, 6) is 0. The summed E-state index contributed by atoms with van der Waals surface area (Å²) in [6.45, 7) is 2.26. The van der Waals surface area contributed by atoms with Crippen molar-refractivity contribution in [3.8, 4) is 0 Å². The van der Waals surface area contributed by atoms with Gasteiger partial charge in [0.05, 0.1) is 0 Å². The van der Waals surface area contributed by atoms with E-state index >= 15 is 0 Å². The lowest BCUT2D eigenvalue weighted by molar-refractivity contribution is 0.728. The summed E-state index contributed by atoms with van der Waals surface area (Å²) in [5, 5.41) is 11.1. The summed E-state index contributed by atoms with van der Waals surface area (Å²) >= 11 is 0. The normalized spacial score (nSPS) is 12.3. The predicted molar refractivity (Wildman–Crippen MR) is 125 cm³/mol. The molecule has 0 radical (unpaired) electrons. The number of fused-ring (bicyclic) bond motifs is 2. The van der Waals surface area contributed by atoms with E-state index in [1.807, 2.05) is 0 Å². The van der Waals surface area contributed by atoms with Gasteiger partial charge < -0.3 is 0 Å². The van der Waals surface area contributed by atoms with Gasteiger partial charge in [-0.2, -0.15) is 0 Å². The van der Waals surface area contributed by atoms with Crippen molar-refractivity contribution in [2.45, 2.75) is 39.0 Å². The number of benzene rings is 5. The van der Waals surface area contributed by atoms with E-state index in [2.05, 4.69) is 85.8 Å². The molecule has 0 aromatic heterocycles. The van der Waals surface area contributed by atoms with E-state index in [4.69, 9.17) is 0 Å². The fourth-order valence-corrected chi connectivity index (χ4v) is 4.74. The van der Waals surface area contributed by atoms with E-state index in [9.17, 15) is 0 Å². The van der Waals surface area contributed by atoms with Crippen LogP contribution in [0.4, 0.5) is 0 Å². The van der Waals surface area contributed by atoms with Crippen LogP contribution < -0.4 is 0 Å².